The maximum Gasteiger partial charge on any atom is 0.326 e. The summed E-state index contributed by atoms with van der Waals surface area (Å²) >= 11 is 5.32. The van der Waals surface area contributed by atoms with Gasteiger partial charge in [0.05, 0.1) is 7.11 Å². The molecule has 1 aliphatic carbocycles. The Morgan fingerprint density at radius 2 is 2.19 bits per heavy atom. The minimum atomic E-state index is -0.505. The normalized spacial score (nSPS) is 25.6. The van der Waals surface area contributed by atoms with E-state index in [4.69, 9.17) is 4.74 Å². The molecule has 21 heavy (non-hydrogen) atoms. The summed E-state index contributed by atoms with van der Waals surface area (Å²) in [7, 11) is 1.48. The first-order valence-electron chi connectivity index (χ1n) is 7.35. The van der Waals surface area contributed by atoms with E-state index in [0.29, 0.717) is 5.25 Å². The van der Waals surface area contributed by atoms with Gasteiger partial charge in [-0.15, -0.1) is 11.8 Å². The molecular weight excluding hydrogens is 350 g/mol. The molecule has 1 aliphatic rings. The molecule has 0 aromatic heterocycles. The highest BCUT2D eigenvalue weighted by atomic mass is 79.9. The predicted molar refractivity (Wildman–Crippen MR) is 90.7 cm³/mol. The number of carbonyl (C=O) groups excluding carboxylic acids is 1. The van der Waals surface area contributed by atoms with Crippen molar-refractivity contribution in [3.8, 4) is 0 Å². The summed E-state index contributed by atoms with van der Waals surface area (Å²) in [5, 5.41) is 3.82. The van der Waals surface area contributed by atoms with Crippen LogP contribution in [-0.2, 0) is 9.53 Å². The van der Waals surface area contributed by atoms with Gasteiger partial charge in [0.15, 0.2) is 0 Å². The average molecular weight is 372 g/mol. The minimum absolute atomic E-state index is 0.120. The Morgan fingerprint density at radius 3 is 2.81 bits per heavy atom. The molecule has 0 radical (unpaired) electrons. The molecule has 2 rings (SSSR count). The van der Waals surface area contributed by atoms with Crippen molar-refractivity contribution in [2.75, 3.05) is 13.7 Å². The maximum atomic E-state index is 12.2. The van der Waals surface area contributed by atoms with Gasteiger partial charge in [0.2, 0.25) is 0 Å². The second-order valence-electron chi connectivity index (χ2n) is 5.39. The zero-order chi connectivity index (χ0) is 15.3. The number of likely N-dealkylation sites (N-methyl/N-ethyl adjacent to an activating group) is 1. The quantitative estimate of drug-likeness (QED) is 0.793. The molecule has 116 valence electrons. The van der Waals surface area contributed by atoms with Crippen molar-refractivity contribution in [2.24, 2.45) is 0 Å². The van der Waals surface area contributed by atoms with Crippen molar-refractivity contribution >= 4 is 33.7 Å². The van der Waals surface area contributed by atoms with Crippen LogP contribution in [0.15, 0.2) is 33.6 Å². The summed E-state index contributed by atoms with van der Waals surface area (Å²) in [5.41, 5.74) is -0.505. The highest BCUT2D eigenvalue weighted by molar-refractivity contribution is 9.10. The van der Waals surface area contributed by atoms with Crippen LogP contribution >= 0.6 is 27.7 Å². The van der Waals surface area contributed by atoms with Crippen LogP contribution in [-0.4, -0.2) is 30.4 Å². The molecule has 2 unspecified atom stereocenters. The molecule has 0 amide bonds. The third-order valence-electron chi connectivity index (χ3n) is 3.91. The van der Waals surface area contributed by atoms with Gasteiger partial charge >= 0.3 is 5.97 Å². The number of benzene rings is 1. The highest BCUT2D eigenvalue weighted by Gasteiger charge is 2.43. The molecule has 3 nitrogen and oxygen atoms in total. The van der Waals surface area contributed by atoms with E-state index in [2.05, 4.69) is 45.5 Å². The van der Waals surface area contributed by atoms with Gasteiger partial charge < -0.3 is 10.1 Å². The second kappa shape index (κ2) is 7.65. The summed E-state index contributed by atoms with van der Waals surface area (Å²) in [4.78, 5) is 13.5. The molecule has 0 spiro atoms. The Bertz CT molecular complexity index is 476. The molecule has 2 atom stereocenters. The van der Waals surface area contributed by atoms with Crippen molar-refractivity contribution in [2.45, 2.75) is 48.3 Å². The Balaban J connectivity index is 2.07. The second-order valence-corrected chi connectivity index (χ2v) is 7.68. The lowest BCUT2D eigenvalue weighted by atomic mass is 9.81. The van der Waals surface area contributed by atoms with Crippen molar-refractivity contribution in [1.82, 2.24) is 5.32 Å². The van der Waals surface area contributed by atoms with Crippen molar-refractivity contribution in [3.63, 3.8) is 0 Å². The standard InChI is InChI=1S/C16H22BrNO2S/c1-3-18-16(15(19)20-2)10-4-5-14(11-16)21-13-8-6-12(17)7-9-13/h6-9,14,18H,3-5,10-11H2,1-2H3. The number of ether oxygens (including phenoxy) is 1. The highest BCUT2D eigenvalue weighted by Crippen LogP contribution is 2.39. The fraction of sp³-hybridized carbons (Fsp3) is 0.562. The van der Waals surface area contributed by atoms with Crippen LogP contribution in [0.4, 0.5) is 0 Å². The van der Waals surface area contributed by atoms with Crippen LogP contribution in [0.2, 0.25) is 0 Å². The van der Waals surface area contributed by atoms with E-state index in [1.165, 1.54) is 12.0 Å². The third-order valence-corrected chi connectivity index (χ3v) is 5.72. The average Bonchev–Trinajstić information content (AvgIpc) is 2.49. The maximum absolute atomic E-state index is 12.2. The number of thioether (sulfide) groups is 1. The topological polar surface area (TPSA) is 38.3 Å². The van der Waals surface area contributed by atoms with Crippen LogP contribution in [0, 0.1) is 0 Å². The van der Waals surface area contributed by atoms with Gasteiger partial charge in [0.1, 0.15) is 5.54 Å². The van der Waals surface area contributed by atoms with E-state index in [-0.39, 0.29) is 5.97 Å². The first-order valence-corrected chi connectivity index (χ1v) is 9.02. The summed E-state index contributed by atoms with van der Waals surface area (Å²) in [6.45, 7) is 2.82. The van der Waals surface area contributed by atoms with Gasteiger partial charge in [-0.05, 0) is 56.5 Å². The molecule has 1 saturated carbocycles. The first kappa shape index (κ1) is 16.8. The molecular formula is C16H22BrNO2S. The number of methoxy groups -OCH3 is 1. The molecule has 1 aromatic rings. The van der Waals surface area contributed by atoms with E-state index in [1.807, 2.05) is 18.7 Å². The van der Waals surface area contributed by atoms with E-state index >= 15 is 0 Å². The van der Waals surface area contributed by atoms with Gasteiger partial charge in [0.25, 0.3) is 0 Å². The number of hydrogen-bond donors (Lipinski definition) is 1. The molecule has 1 fully saturated rings. The number of carbonyl (C=O) groups is 1. The molecule has 5 heteroatoms. The fourth-order valence-corrected chi connectivity index (χ4v) is 4.58. The van der Waals surface area contributed by atoms with Crippen molar-refractivity contribution in [3.05, 3.63) is 28.7 Å². The fourth-order valence-electron chi connectivity index (χ4n) is 2.98. The molecule has 0 aliphatic heterocycles. The van der Waals surface area contributed by atoms with Crippen molar-refractivity contribution < 1.29 is 9.53 Å². The lowest BCUT2D eigenvalue weighted by Crippen LogP contribution is -2.55. The zero-order valence-electron chi connectivity index (χ0n) is 12.5. The number of halogens is 1. The van der Waals surface area contributed by atoms with E-state index < -0.39 is 5.54 Å². The summed E-state index contributed by atoms with van der Waals surface area (Å²) in [6.07, 6.45) is 3.89. The molecule has 0 saturated heterocycles. The van der Waals surface area contributed by atoms with Gasteiger partial charge in [-0.3, -0.25) is 4.79 Å². The van der Waals surface area contributed by atoms with E-state index in [9.17, 15) is 4.79 Å². The van der Waals surface area contributed by atoms with Gasteiger partial charge in [0, 0.05) is 14.6 Å². The number of esters is 1. The number of nitrogens with one attached hydrogen (secondary N) is 1. The van der Waals surface area contributed by atoms with Crippen LogP contribution in [0.1, 0.15) is 32.6 Å². The smallest absolute Gasteiger partial charge is 0.326 e. The van der Waals surface area contributed by atoms with Gasteiger partial charge in [-0.1, -0.05) is 22.9 Å². The summed E-state index contributed by atoms with van der Waals surface area (Å²) in [5.74, 6) is -0.120. The van der Waals surface area contributed by atoms with E-state index in [0.717, 1.165) is 36.7 Å². The predicted octanol–water partition coefficient (Wildman–Crippen LogP) is 4.01. The van der Waals surface area contributed by atoms with Crippen LogP contribution < -0.4 is 5.32 Å². The largest absolute Gasteiger partial charge is 0.468 e. The number of hydrogen-bond acceptors (Lipinski definition) is 4. The Morgan fingerprint density at radius 1 is 1.48 bits per heavy atom. The molecule has 0 bridgehead atoms. The Hall–Kier alpha value is -0.520. The molecule has 1 N–H and O–H groups in total. The first-order chi connectivity index (χ1) is 10.1. The van der Waals surface area contributed by atoms with Crippen LogP contribution in [0.5, 0.6) is 0 Å². The zero-order valence-corrected chi connectivity index (χ0v) is 14.9. The Kier molecular flexibility index (Phi) is 6.14. The number of rotatable bonds is 5. The third kappa shape index (κ3) is 4.24. The lowest BCUT2D eigenvalue weighted by Gasteiger charge is -2.39. The van der Waals surface area contributed by atoms with Gasteiger partial charge in [-0.2, -0.15) is 0 Å². The SMILES string of the molecule is CCNC1(C(=O)OC)CCCC(Sc2ccc(Br)cc2)C1. The van der Waals surface area contributed by atoms with Crippen LogP contribution in [0.25, 0.3) is 0 Å². The minimum Gasteiger partial charge on any atom is -0.468 e. The summed E-state index contributed by atoms with van der Waals surface area (Å²) in [6, 6.07) is 8.36. The van der Waals surface area contributed by atoms with Crippen LogP contribution in [0.3, 0.4) is 0 Å². The monoisotopic (exact) mass is 371 g/mol. The molecule has 0 heterocycles. The van der Waals surface area contributed by atoms with Crippen molar-refractivity contribution in [1.29, 1.82) is 0 Å². The Labute approximate surface area is 139 Å². The lowest BCUT2D eigenvalue weighted by molar-refractivity contribution is -0.150. The van der Waals surface area contributed by atoms with Gasteiger partial charge in [-0.25, -0.2) is 0 Å². The van der Waals surface area contributed by atoms with E-state index in [1.54, 1.807) is 0 Å². The molecule has 1 aromatic carbocycles. The summed E-state index contributed by atoms with van der Waals surface area (Å²) < 4.78 is 6.13.